The van der Waals surface area contributed by atoms with E-state index >= 15 is 0 Å². The van der Waals surface area contributed by atoms with Gasteiger partial charge in [0.25, 0.3) is 5.91 Å². The van der Waals surface area contributed by atoms with Crippen LogP contribution in [-0.2, 0) is 0 Å². The first kappa shape index (κ1) is 24.4. The summed E-state index contributed by atoms with van der Waals surface area (Å²) < 4.78 is 5.92. The Balaban J connectivity index is 1.08. The van der Waals surface area contributed by atoms with Gasteiger partial charge in [0, 0.05) is 24.7 Å². The Hall–Kier alpha value is -2.33. The van der Waals surface area contributed by atoms with E-state index in [-0.39, 0.29) is 5.91 Å². The Morgan fingerprint density at radius 3 is 2.26 bits per heavy atom. The third kappa shape index (κ3) is 5.74. The molecule has 3 fully saturated rings. The molecule has 2 aromatic carbocycles. The van der Waals surface area contributed by atoms with Gasteiger partial charge in [-0.2, -0.15) is 0 Å². The number of rotatable bonds is 7. The SMILES string of the molecule is Cc1cccc(C(=O)N2CCC(N3CCC(C(C)c4ccc(OCC5CC5)cc4)CC3)CC2)c1C. The fourth-order valence-electron chi connectivity index (χ4n) is 6.01. The molecular formula is C31H42N2O2. The second-order valence-electron chi connectivity index (χ2n) is 11.3. The van der Waals surface area contributed by atoms with Crippen LogP contribution in [0.3, 0.4) is 0 Å². The molecule has 0 N–H and O–H groups in total. The maximum Gasteiger partial charge on any atom is 0.254 e. The first-order chi connectivity index (χ1) is 17.0. The molecule has 2 aromatic rings. The van der Waals surface area contributed by atoms with Gasteiger partial charge in [-0.25, -0.2) is 0 Å². The highest BCUT2D eigenvalue weighted by Gasteiger charge is 2.32. The van der Waals surface area contributed by atoms with E-state index < -0.39 is 0 Å². The fraction of sp³-hybridized carbons (Fsp3) is 0.581. The molecule has 1 aliphatic carbocycles. The molecule has 0 radical (unpaired) electrons. The number of amides is 1. The Bertz CT molecular complexity index is 997. The van der Waals surface area contributed by atoms with Crippen molar-refractivity contribution in [1.29, 1.82) is 0 Å². The summed E-state index contributed by atoms with van der Waals surface area (Å²) in [5, 5.41) is 0. The highest BCUT2D eigenvalue weighted by Crippen LogP contribution is 2.35. The van der Waals surface area contributed by atoms with Crippen LogP contribution in [0.2, 0.25) is 0 Å². The minimum absolute atomic E-state index is 0.209. The monoisotopic (exact) mass is 474 g/mol. The molecule has 4 nitrogen and oxygen atoms in total. The summed E-state index contributed by atoms with van der Waals surface area (Å²) in [4.78, 5) is 17.9. The van der Waals surface area contributed by atoms with Crippen molar-refractivity contribution in [3.63, 3.8) is 0 Å². The summed E-state index contributed by atoms with van der Waals surface area (Å²) in [6, 6.07) is 15.6. The Labute approximate surface area is 211 Å². The van der Waals surface area contributed by atoms with Gasteiger partial charge >= 0.3 is 0 Å². The van der Waals surface area contributed by atoms with Gasteiger partial charge < -0.3 is 14.5 Å². The third-order valence-electron chi connectivity index (χ3n) is 8.97. The molecule has 2 heterocycles. The smallest absolute Gasteiger partial charge is 0.254 e. The average Bonchev–Trinajstić information content (AvgIpc) is 3.73. The molecule has 1 amide bonds. The van der Waals surface area contributed by atoms with Gasteiger partial charge in [0.05, 0.1) is 6.61 Å². The summed E-state index contributed by atoms with van der Waals surface area (Å²) in [6.07, 6.45) is 7.39. The molecular weight excluding hydrogens is 432 g/mol. The molecule has 5 rings (SSSR count). The zero-order valence-electron chi connectivity index (χ0n) is 21.8. The average molecular weight is 475 g/mol. The maximum absolute atomic E-state index is 13.1. The summed E-state index contributed by atoms with van der Waals surface area (Å²) >= 11 is 0. The van der Waals surface area contributed by atoms with E-state index in [1.807, 2.05) is 12.1 Å². The second kappa shape index (κ2) is 10.7. The summed E-state index contributed by atoms with van der Waals surface area (Å²) in [5.74, 6) is 3.36. The van der Waals surface area contributed by atoms with E-state index in [0.29, 0.717) is 12.0 Å². The van der Waals surface area contributed by atoms with Crippen LogP contribution in [0.5, 0.6) is 5.75 Å². The first-order valence-corrected chi connectivity index (χ1v) is 13.8. The summed E-state index contributed by atoms with van der Waals surface area (Å²) in [6.45, 7) is 11.6. The molecule has 2 aliphatic heterocycles. The van der Waals surface area contributed by atoms with Gasteiger partial charge in [-0.1, -0.05) is 31.2 Å². The van der Waals surface area contributed by atoms with Crippen molar-refractivity contribution in [1.82, 2.24) is 9.80 Å². The molecule has 1 unspecified atom stereocenters. The number of ether oxygens (including phenoxy) is 1. The van der Waals surface area contributed by atoms with E-state index in [1.54, 1.807) is 0 Å². The molecule has 188 valence electrons. The first-order valence-electron chi connectivity index (χ1n) is 13.8. The van der Waals surface area contributed by atoms with Gasteiger partial charge in [-0.3, -0.25) is 4.79 Å². The number of carbonyl (C=O) groups excluding carboxylic acids is 1. The number of piperidine rings is 2. The van der Waals surface area contributed by atoms with Crippen molar-refractivity contribution in [2.75, 3.05) is 32.8 Å². The molecule has 4 heteroatoms. The van der Waals surface area contributed by atoms with Crippen LogP contribution in [0.1, 0.15) is 78.4 Å². The highest BCUT2D eigenvalue weighted by atomic mass is 16.5. The topological polar surface area (TPSA) is 32.8 Å². The van der Waals surface area contributed by atoms with E-state index in [9.17, 15) is 4.79 Å². The quantitative estimate of drug-likeness (QED) is 0.478. The molecule has 1 saturated carbocycles. The zero-order valence-corrected chi connectivity index (χ0v) is 21.8. The Morgan fingerprint density at radius 1 is 0.914 bits per heavy atom. The minimum Gasteiger partial charge on any atom is -0.493 e. The Morgan fingerprint density at radius 2 is 1.60 bits per heavy atom. The number of hydrogen-bond acceptors (Lipinski definition) is 3. The van der Waals surface area contributed by atoms with Crippen LogP contribution < -0.4 is 4.74 Å². The van der Waals surface area contributed by atoms with Crippen LogP contribution in [0.25, 0.3) is 0 Å². The number of aryl methyl sites for hydroxylation is 1. The van der Waals surface area contributed by atoms with Crippen LogP contribution in [0, 0.1) is 25.7 Å². The van der Waals surface area contributed by atoms with Crippen molar-refractivity contribution in [3.05, 3.63) is 64.7 Å². The predicted octanol–water partition coefficient (Wildman–Crippen LogP) is 6.21. The fourth-order valence-corrected chi connectivity index (χ4v) is 6.01. The van der Waals surface area contributed by atoms with Crippen LogP contribution in [0.15, 0.2) is 42.5 Å². The Kier molecular flexibility index (Phi) is 7.48. The number of benzene rings is 2. The van der Waals surface area contributed by atoms with E-state index in [0.717, 1.165) is 61.3 Å². The number of nitrogens with zero attached hydrogens (tertiary/aromatic N) is 2. The van der Waals surface area contributed by atoms with Crippen LogP contribution in [0.4, 0.5) is 0 Å². The molecule has 0 spiro atoms. The normalized spacial score (nSPS) is 21.2. The number of likely N-dealkylation sites (tertiary alicyclic amines) is 2. The maximum atomic E-state index is 13.1. The lowest BCUT2D eigenvalue weighted by Crippen LogP contribution is -2.49. The van der Waals surface area contributed by atoms with Gasteiger partial charge in [0.15, 0.2) is 0 Å². The standard InChI is InChI=1S/C31H42N2O2/c1-22-5-4-6-30(23(22)2)31(34)33-19-15-28(16-20-33)32-17-13-27(14-18-32)24(3)26-9-11-29(12-10-26)35-21-25-7-8-25/h4-6,9-12,24-25,27-28H,7-8,13-21H2,1-3H3. The largest absolute Gasteiger partial charge is 0.493 e. The van der Waals surface area contributed by atoms with Crippen LogP contribution in [-0.4, -0.2) is 54.5 Å². The van der Waals surface area contributed by atoms with Gasteiger partial charge in [0.1, 0.15) is 5.75 Å². The van der Waals surface area contributed by atoms with E-state index in [2.05, 4.69) is 60.9 Å². The molecule has 3 aliphatic rings. The molecule has 2 saturated heterocycles. The lowest BCUT2D eigenvalue weighted by molar-refractivity contribution is 0.0539. The number of hydrogen-bond donors (Lipinski definition) is 0. The summed E-state index contributed by atoms with van der Waals surface area (Å²) in [5.41, 5.74) is 4.64. The minimum atomic E-state index is 0.209. The molecule has 0 bridgehead atoms. The predicted molar refractivity (Wildman–Crippen MR) is 142 cm³/mol. The van der Waals surface area contributed by atoms with E-state index in [4.69, 9.17) is 4.74 Å². The number of carbonyl (C=O) groups is 1. The van der Waals surface area contributed by atoms with Crippen molar-refractivity contribution < 1.29 is 9.53 Å². The van der Waals surface area contributed by atoms with Crippen LogP contribution >= 0.6 is 0 Å². The van der Waals surface area contributed by atoms with Crippen molar-refractivity contribution in [2.24, 2.45) is 11.8 Å². The zero-order chi connectivity index (χ0) is 24.4. The van der Waals surface area contributed by atoms with Gasteiger partial charge in [-0.15, -0.1) is 0 Å². The molecule has 0 aromatic heterocycles. The molecule has 1 atom stereocenters. The highest BCUT2D eigenvalue weighted by molar-refractivity contribution is 5.96. The lowest BCUT2D eigenvalue weighted by atomic mass is 9.80. The van der Waals surface area contributed by atoms with E-state index in [1.165, 1.54) is 49.9 Å². The lowest BCUT2D eigenvalue weighted by Gasteiger charge is -2.43. The van der Waals surface area contributed by atoms with Crippen molar-refractivity contribution in [2.45, 2.75) is 71.3 Å². The second-order valence-corrected chi connectivity index (χ2v) is 11.3. The van der Waals surface area contributed by atoms with Gasteiger partial charge in [0.2, 0.25) is 0 Å². The molecule has 35 heavy (non-hydrogen) atoms. The van der Waals surface area contributed by atoms with Crippen molar-refractivity contribution in [3.8, 4) is 5.75 Å². The van der Waals surface area contributed by atoms with Gasteiger partial charge in [-0.05, 0) is 118 Å². The third-order valence-corrected chi connectivity index (χ3v) is 8.97. The van der Waals surface area contributed by atoms with Crippen molar-refractivity contribution >= 4 is 5.91 Å². The summed E-state index contributed by atoms with van der Waals surface area (Å²) in [7, 11) is 0.